The molecule has 3 rings (SSSR count). The predicted octanol–water partition coefficient (Wildman–Crippen LogP) is 3.45. The molecule has 0 bridgehead atoms. The molecule has 0 fully saturated rings. The summed E-state index contributed by atoms with van der Waals surface area (Å²) in [5.41, 5.74) is 2.19. The number of fused-ring (bicyclic) bond motifs is 1. The van der Waals surface area contributed by atoms with Crippen molar-refractivity contribution in [3.63, 3.8) is 0 Å². The highest BCUT2D eigenvalue weighted by Crippen LogP contribution is 2.15. The molecule has 0 aliphatic carbocycles. The number of carbonyl (C=O) groups is 1. The van der Waals surface area contributed by atoms with Crippen LogP contribution in [0.5, 0.6) is 0 Å². The van der Waals surface area contributed by atoms with Crippen molar-refractivity contribution in [2.24, 2.45) is 0 Å². The molecule has 2 nitrogen and oxygen atoms in total. The topological polar surface area (TPSA) is 22.0 Å². The minimum atomic E-state index is 0.229. The zero-order valence-corrected chi connectivity index (χ0v) is 10.6. The summed E-state index contributed by atoms with van der Waals surface area (Å²) in [5, 5.41) is 1.18. The fraction of sp³-hybridized carbons (Fsp3) is 0.118. The molecule has 0 atom stereocenters. The van der Waals surface area contributed by atoms with Crippen LogP contribution in [0.1, 0.15) is 5.56 Å². The van der Waals surface area contributed by atoms with Gasteiger partial charge in [-0.1, -0.05) is 48.5 Å². The van der Waals surface area contributed by atoms with Crippen LogP contribution in [0.15, 0.2) is 66.9 Å². The first-order chi connectivity index (χ1) is 9.33. The molecular formula is C17H15NO. The average molecular weight is 249 g/mol. The van der Waals surface area contributed by atoms with Crippen LogP contribution in [0.4, 0.5) is 0 Å². The van der Waals surface area contributed by atoms with Crippen LogP contribution in [0, 0.1) is 0 Å². The number of hydrogen-bond donors (Lipinski definition) is 0. The molecule has 1 heterocycles. The minimum Gasteiger partial charge on any atom is -0.340 e. The second kappa shape index (κ2) is 5.11. The van der Waals surface area contributed by atoms with E-state index >= 15 is 0 Å². The van der Waals surface area contributed by atoms with E-state index < -0.39 is 0 Å². The van der Waals surface area contributed by atoms with Gasteiger partial charge >= 0.3 is 0 Å². The Kier molecular flexibility index (Phi) is 3.15. The number of Topliss-reactive ketones (excluding diaryl/α,β-unsaturated/α-hetero) is 1. The summed E-state index contributed by atoms with van der Waals surface area (Å²) in [4.78, 5) is 12.1. The van der Waals surface area contributed by atoms with E-state index in [0.717, 1.165) is 11.1 Å². The van der Waals surface area contributed by atoms with E-state index in [0.29, 0.717) is 13.0 Å². The number of carbonyl (C=O) groups excluding carboxylic acids is 1. The van der Waals surface area contributed by atoms with Crippen molar-refractivity contribution in [3.05, 3.63) is 72.4 Å². The first-order valence-electron chi connectivity index (χ1n) is 6.42. The minimum absolute atomic E-state index is 0.229. The van der Waals surface area contributed by atoms with E-state index in [1.54, 1.807) is 0 Å². The fourth-order valence-electron chi connectivity index (χ4n) is 2.35. The van der Waals surface area contributed by atoms with Gasteiger partial charge in [-0.15, -0.1) is 0 Å². The van der Waals surface area contributed by atoms with Crippen LogP contribution in [-0.4, -0.2) is 10.4 Å². The number of para-hydroxylation sites is 1. The van der Waals surface area contributed by atoms with Crippen molar-refractivity contribution in [3.8, 4) is 0 Å². The molecule has 2 heteroatoms. The Labute approximate surface area is 112 Å². The van der Waals surface area contributed by atoms with Gasteiger partial charge in [0.1, 0.15) is 0 Å². The normalized spacial score (nSPS) is 10.7. The number of benzene rings is 2. The summed E-state index contributed by atoms with van der Waals surface area (Å²) in [7, 11) is 0. The summed E-state index contributed by atoms with van der Waals surface area (Å²) in [5.74, 6) is 0.229. The smallest absolute Gasteiger partial charge is 0.156 e. The van der Waals surface area contributed by atoms with Crippen LogP contribution in [-0.2, 0) is 17.8 Å². The summed E-state index contributed by atoms with van der Waals surface area (Å²) in [6, 6.07) is 20.1. The van der Waals surface area contributed by atoms with Crippen molar-refractivity contribution >= 4 is 16.7 Å². The van der Waals surface area contributed by atoms with E-state index in [2.05, 4.69) is 6.07 Å². The van der Waals surface area contributed by atoms with Crippen LogP contribution in [0.2, 0.25) is 0 Å². The molecule has 0 unspecified atom stereocenters. The molecule has 0 spiro atoms. The summed E-state index contributed by atoms with van der Waals surface area (Å²) < 4.78 is 2.01. The molecule has 0 saturated carbocycles. The van der Waals surface area contributed by atoms with Crippen molar-refractivity contribution in [2.75, 3.05) is 0 Å². The maximum atomic E-state index is 12.1. The lowest BCUT2D eigenvalue weighted by Gasteiger charge is -2.05. The molecule has 0 amide bonds. The second-order valence-electron chi connectivity index (χ2n) is 4.70. The Hall–Kier alpha value is -2.35. The first-order valence-corrected chi connectivity index (χ1v) is 6.42. The monoisotopic (exact) mass is 249 g/mol. The van der Waals surface area contributed by atoms with Gasteiger partial charge in [-0.2, -0.15) is 0 Å². The molecule has 0 aliphatic heterocycles. The van der Waals surface area contributed by atoms with Gasteiger partial charge < -0.3 is 4.57 Å². The third-order valence-corrected chi connectivity index (χ3v) is 3.27. The quantitative estimate of drug-likeness (QED) is 0.694. The van der Waals surface area contributed by atoms with Crippen LogP contribution in [0.3, 0.4) is 0 Å². The van der Waals surface area contributed by atoms with Crippen molar-refractivity contribution in [1.29, 1.82) is 0 Å². The number of hydrogen-bond acceptors (Lipinski definition) is 1. The molecule has 94 valence electrons. The van der Waals surface area contributed by atoms with E-state index in [9.17, 15) is 4.79 Å². The highest BCUT2D eigenvalue weighted by molar-refractivity contribution is 5.85. The molecule has 0 radical (unpaired) electrons. The predicted molar refractivity (Wildman–Crippen MR) is 77.1 cm³/mol. The lowest BCUT2D eigenvalue weighted by Crippen LogP contribution is -2.11. The van der Waals surface area contributed by atoms with Gasteiger partial charge in [0.2, 0.25) is 0 Å². The average Bonchev–Trinajstić information content (AvgIpc) is 2.83. The number of ketones is 1. The lowest BCUT2D eigenvalue weighted by atomic mass is 10.1. The van der Waals surface area contributed by atoms with E-state index in [-0.39, 0.29) is 5.78 Å². The molecule has 19 heavy (non-hydrogen) atoms. The Balaban J connectivity index is 1.76. The van der Waals surface area contributed by atoms with Gasteiger partial charge in [0.25, 0.3) is 0 Å². The number of rotatable bonds is 4. The highest BCUT2D eigenvalue weighted by Gasteiger charge is 2.06. The molecule has 0 aliphatic rings. The van der Waals surface area contributed by atoms with Crippen LogP contribution >= 0.6 is 0 Å². The Morgan fingerprint density at radius 3 is 2.47 bits per heavy atom. The zero-order valence-electron chi connectivity index (χ0n) is 10.6. The largest absolute Gasteiger partial charge is 0.340 e. The molecule has 0 N–H and O–H groups in total. The van der Waals surface area contributed by atoms with Crippen LogP contribution < -0.4 is 0 Å². The van der Waals surface area contributed by atoms with Gasteiger partial charge in [0.05, 0.1) is 6.54 Å². The Bertz CT molecular complexity index is 697. The highest BCUT2D eigenvalue weighted by atomic mass is 16.1. The second-order valence-corrected chi connectivity index (χ2v) is 4.70. The molecule has 0 saturated heterocycles. The SMILES string of the molecule is O=C(Cc1ccccc1)Cn1ccc2ccccc21. The molecule has 2 aromatic carbocycles. The third-order valence-electron chi connectivity index (χ3n) is 3.27. The summed E-state index contributed by atoms with van der Waals surface area (Å²) in [6.07, 6.45) is 2.47. The standard InChI is InChI=1S/C17H15NO/c19-16(12-14-6-2-1-3-7-14)13-18-11-10-15-8-4-5-9-17(15)18/h1-11H,12-13H2. The molecular weight excluding hydrogens is 234 g/mol. The number of nitrogens with zero attached hydrogens (tertiary/aromatic N) is 1. The number of aromatic nitrogens is 1. The summed E-state index contributed by atoms with van der Waals surface area (Å²) >= 11 is 0. The van der Waals surface area contributed by atoms with E-state index in [4.69, 9.17) is 0 Å². The third kappa shape index (κ3) is 2.58. The maximum absolute atomic E-state index is 12.1. The van der Waals surface area contributed by atoms with E-state index in [1.807, 2.05) is 65.4 Å². The van der Waals surface area contributed by atoms with E-state index in [1.165, 1.54) is 5.39 Å². The Morgan fingerprint density at radius 1 is 0.895 bits per heavy atom. The van der Waals surface area contributed by atoms with Crippen molar-refractivity contribution < 1.29 is 4.79 Å². The fourth-order valence-corrected chi connectivity index (χ4v) is 2.35. The van der Waals surface area contributed by atoms with Crippen molar-refractivity contribution in [1.82, 2.24) is 4.57 Å². The lowest BCUT2D eigenvalue weighted by molar-refractivity contribution is -0.118. The maximum Gasteiger partial charge on any atom is 0.156 e. The molecule has 3 aromatic rings. The van der Waals surface area contributed by atoms with Gasteiger partial charge in [-0.25, -0.2) is 0 Å². The summed E-state index contributed by atoms with van der Waals surface area (Å²) in [6.45, 7) is 0.433. The zero-order chi connectivity index (χ0) is 13.1. The molecule has 1 aromatic heterocycles. The van der Waals surface area contributed by atoms with Gasteiger partial charge in [-0.3, -0.25) is 4.79 Å². The van der Waals surface area contributed by atoms with Gasteiger partial charge in [0.15, 0.2) is 5.78 Å². The van der Waals surface area contributed by atoms with Crippen molar-refractivity contribution in [2.45, 2.75) is 13.0 Å². The van der Waals surface area contributed by atoms with Gasteiger partial charge in [0, 0.05) is 18.1 Å². The first kappa shape index (κ1) is 11.7. The van der Waals surface area contributed by atoms with Gasteiger partial charge in [-0.05, 0) is 23.1 Å². The Morgan fingerprint density at radius 2 is 1.63 bits per heavy atom. The van der Waals surface area contributed by atoms with Crippen LogP contribution in [0.25, 0.3) is 10.9 Å².